The third-order valence-corrected chi connectivity index (χ3v) is 4.66. The predicted molar refractivity (Wildman–Crippen MR) is 91.3 cm³/mol. The van der Waals surface area contributed by atoms with Gasteiger partial charge in [0.25, 0.3) is 5.69 Å². The first-order chi connectivity index (χ1) is 10.0. The smallest absolute Gasteiger partial charge is 0.283 e. The monoisotopic (exact) mass is 393 g/mol. The topological polar surface area (TPSA) is 81.6 Å². The van der Waals surface area contributed by atoms with E-state index in [0.29, 0.717) is 17.6 Å². The zero-order valence-electron chi connectivity index (χ0n) is 12.4. The molecule has 124 valence electrons. The normalized spacial score (nSPS) is 22.1. The largest absolute Gasteiger partial charge is 0.381 e. The highest BCUT2D eigenvalue weighted by atomic mass is 79.9. The van der Waals surface area contributed by atoms with Crippen LogP contribution in [0.5, 0.6) is 0 Å². The summed E-state index contributed by atoms with van der Waals surface area (Å²) in [5.41, 5.74) is 6.88. The molecule has 2 N–H and O–H groups in total. The Morgan fingerprint density at radius 3 is 2.86 bits per heavy atom. The van der Waals surface area contributed by atoms with E-state index in [-0.39, 0.29) is 35.2 Å². The van der Waals surface area contributed by atoms with Crippen molar-refractivity contribution in [2.45, 2.75) is 31.5 Å². The van der Waals surface area contributed by atoms with Gasteiger partial charge in [-0.1, -0.05) is 6.07 Å². The van der Waals surface area contributed by atoms with E-state index in [4.69, 9.17) is 10.5 Å². The maximum absolute atomic E-state index is 11.0. The average molecular weight is 395 g/mol. The molecule has 0 spiro atoms. The number of rotatable bonds is 5. The van der Waals surface area contributed by atoms with Crippen molar-refractivity contribution < 1.29 is 9.66 Å². The number of methoxy groups -OCH3 is 1. The minimum Gasteiger partial charge on any atom is -0.381 e. The van der Waals surface area contributed by atoms with Crippen LogP contribution < -0.4 is 5.73 Å². The molecule has 1 aromatic carbocycles. The second-order valence-electron chi connectivity index (χ2n) is 5.28. The first-order valence-electron chi connectivity index (χ1n) is 6.95. The molecule has 1 aromatic rings. The van der Waals surface area contributed by atoms with Gasteiger partial charge in [-0.05, 0) is 40.4 Å². The number of hydrogen-bond acceptors (Lipinski definition) is 5. The van der Waals surface area contributed by atoms with Crippen molar-refractivity contribution in [1.29, 1.82) is 0 Å². The van der Waals surface area contributed by atoms with Crippen LogP contribution in [0, 0.1) is 10.1 Å². The lowest BCUT2D eigenvalue weighted by Crippen LogP contribution is -2.47. The van der Waals surface area contributed by atoms with E-state index in [1.807, 2.05) is 6.07 Å². The highest BCUT2D eigenvalue weighted by Crippen LogP contribution is 2.27. The number of ether oxygens (including phenoxy) is 1. The van der Waals surface area contributed by atoms with Crippen LogP contribution in [0.4, 0.5) is 5.69 Å². The number of likely N-dealkylation sites (tertiary alicyclic amines) is 1. The van der Waals surface area contributed by atoms with Gasteiger partial charge in [0, 0.05) is 38.9 Å². The van der Waals surface area contributed by atoms with Crippen LogP contribution >= 0.6 is 28.3 Å². The molecule has 1 aliphatic rings. The molecular formula is C14H21BrClN3O3. The third kappa shape index (κ3) is 4.63. The Morgan fingerprint density at radius 1 is 1.55 bits per heavy atom. The molecule has 8 heteroatoms. The van der Waals surface area contributed by atoms with Crippen molar-refractivity contribution in [1.82, 2.24) is 4.90 Å². The van der Waals surface area contributed by atoms with Crippen LogP contribution in [0.15, 0.2) is 22.7 Å². The summed E-state index contributed by atoms with van der Waals surface area (Å²) in [6.45, 7) is 2.13. The number of nitrogens with zero attached hydrogens (tertiary/aromatic N) is 2. The van der Waals surface area contributed by atoms with Crippen molar-refractivity contribution in [2.75, 3.05) is 20.2 Å². The van der Waals surface area contributed by atoms with Gasteiger partial charge in [0.1, 0.15) is 0 Å². The molecule has 22 heavy (non-hydrogen) atoms. The van der Waals surface area contributed by atoms with Gasteiger partial charge in [-0.2, -0.15) is 0 Å². The van der Waals surface area contributed by atoms with E-state index in [0.717, 1.165) is 24.9 Å². The number of halogens is 2. The van der Waals surface area contributed by atoms with Gasteiger partial charge in [-0.25, -0.2) is 0 Å². The second kappa shape index (κ2) is 8.79. The molecule has 2 unspecified atom stereocenters. The highest BCUT2D eigenvalue weighted by Gasteiger charge is 2.27. The first-order valence-corrected chi connectivity index (χ1v) is 7.74. The van der Waals surface area contributed by atoms with Gasteiger partial charge in [0.05, 0.1) is 15.5 Å². The van der Waals surface area contributed by atoms with Crippen LogP contribution in [0.2, 0.25) is 0 Å². The number of benzene rings is 1. The summed E-state index contributed by atoms with van der Waals surface area (Å²) in [7, 11) is 1.73. The van der Waals surface area contributed by atoms with Crippen molar-refractivity contribution in [3.8, 4) is 0 Å². The predicted octanol–water partition coefficient (Wildman–Crippen LogP) is 2.72. The molecule has 2 atom stereocenters. The second-order valence-corrected chi connectivity index (χ2v) is 6.14. The van der Waals surface area contributed by atoms with Gasteiger partial charge in [-0.3, -0.25) is 15.0 Å². The SMILES string of the molecule is COC1CCN(Cc2ccc(Br)c([N+](=O)[O-])c2)C(CN)C1.Cl. The van der Waals surface area contributed by atoms with Gasteiger partial charge < -0.3 is 10.5 Å². The summed E-state index contributed by atoms with van der Waals surface area (Å²) in [6, 6.07) is 5.52. The molecular weight excluding hydrogens is 374 g/mol. The Labute approximate surface area is 144 Å². The van der Waals surface area contributed by atoms with E-state index in [1.165, 1.54) is 0 Å². The summed E-state index contributed by atoms with van der Waals surface area (Å²) in [6.07, 6.45) is 2.13. The molecule has 1 heterocycles. The molecule has 0 amide bonds. The summed E-state index contributed by atoms with van der Waals surface area (Å²) < 4.78 is 5.91. The standard InChI is InChI=1S/C14H20BrN3O3.ClH/c1-21-12-4-5-17(11(7-12)8-16)9-10-2-3-13(15)14(6-10)18(19)20;/h2-3,6,11-12H,4-5,7-9,16H2,1H3;1H. The van der Waals surface area contributed by atoms with E-state index in [2.05, 4.69) is 20.8 Å². The molecule has 2 rings (SSSR count). The average Bonchev–Trinajstić information content (AvgIpc) is 2.49. The minimum atomic E-state index is -0.370. The molecule has 1 saturated heterocycles. The van der Waals surface area contributed by atoms with E-state index in [9.17, 15) is 10.1 Å². The zero-order chi connectivity index (χ0) is 15.4. The van der Waals surface area contributed by atoms with Crippen LogP contribution in [0.25, 0.3) is 0 Å². The van der Waals surface area contributed by atoms with Crippen molar-refractivity contribution in [3.63, 3.8) is 0 Å². The summed E-state index contributed by atoms with van der Waals surface area (Å²) in [5, 5.41) is 11.0. The molecule has 1 aliphatic heterocycles. The van der Waals surface area contributed by atoms with Gasteiger partial charge in [0.2, 0.25) is 0 Å². The van der Waals surface area contributed by atoms with Crippen molar-refractivity contribution in [2.24, 2.45) is 5.73 Å². The molecule has 0 aromatic heterocycles. The summed E-state index contributed by atoms with van der Waals surface area (Å²) in [5.74, 6) is 0. The van der Waals surface area contributed by atoms with Gasteiger partial charge in [0.15, 0.2) is 0 Å². The molecule has 0 radical (unpaired) electrons. The van der Waals surface area contributed by atoms with Crippen LogP contribution in [-0.4, -0.2) is 42.2 Å². The van der Waals surface area contributed by atoms with Crippen LogP contribution in [0.3, 0.4) is 0 Å². The Balaban J connectivity index is 0.00000242. The molecule has 0 aliphatic carbocycles. The molecule has 1 fully saturated rings. The number of nitrogens with two attached hydrogens (primary N) is 1. The fourth-order valence-electron chi connectivity index (χ4n) is 2.76. The highest BCUT2D eigenvalue weighted by molar-refractivity contribution is 9.10. The summed E-state index contributed by atoms with van der Waals surface area (Å²) >= 11 is 3.21. The Bertz CT molecular complexity index is 518. The fourth-order valence-corrected chi connectivity index (χ4v) is 3.15. The molecule has 0 saturated carbocycles. The molecule has 6 nitrogen and oxygen atoms in total. The Morgan fingerprint density at radius 2 is 2.27 bits per heavy atom. The maximum atomic E-state index is 11.0. The number of hydrogen-bond donors (Lipinski definition) is 1. The van der Waals surface area contributed by atoms with Gasteiger partial charge >= 0.3 is 0 Å². The lowest BCUT2D eigenvalue weighted by molar-refractivity contribution is -0.385. The van der Waals surface area contributed by atoms with Crippen molar-refractivity contribution in [3.05, 3.63) is 38.3 Å². The lowest BCUT2D eigenvalue weighted by atomic mass is 9.98. The zero-order valence-corrected chi connectivity index (χ0v) is 14.8. The minimum absolute atomic E-state index is 0. The van der Waals surface area contributed by atoms with E-state index >= 15 is 0 Å². The Kier molecular flexibility index (Phi) is 7.71. The fraction of sp³-hybridized carbons (Fsp3) is 0.571. The molecule has 0 bridgehead atoms. The van der Waals surface area contributed by atoms with Crippen LogP contribution in [0.1, 0.15) is 18.4 Å². The number of piperidine rings is 1. The van der Waals surface area contributed by atoms with Gasteiger partial charge in [-0.15, -0.1) is 12.4 Å². The number of nitro benzene ring substituents is 1. The lowest BCUT2D eigenvalue weighted by Gasteiger charge is -2.38. The van der Waals surface area contributed by atoms with Crippen LogP contribution in [-0.2, 0) is 11.3 Å². The van der Waals surface area contributed by atoms with E-state index < -0.39 is 0 Å². The number of nitro groups is 1. The first kappa shape index (κ1) is 19.3. The van der Waals surface area contributed by atoms with Crippen molar-refractivity contribution >= 4 is 34.0 Å². The Hall–Kier alpha value is -0.730. The maximum Gasteiger partial charge on any atom is 0.283 e. The van der Waals surface area contributed by atoms with E-state index in [1.54, 1.807) is 19.2 Å². The third-order valence-electron chi connectivity index (χ3n) is 3.99. The quantitative estimate of drug-likeness (QED) is 0.613. The summed E-state index contributed by atoms with van der Waals surface area (Å²) in [4.78, 5) is 12.9.